The van der Waals surface area contributed by atoms with E-state index in [9.17, 15) is 18.5 Å². The molecule has 0 bridgehead atoms. The Balaban J connectivity index is 2.66. The Morgan fingerprint density at radius 1 is 1.19 bits per heavy atom. The van der Waals surface area contributed by atoms with Crippen LogP contribution in [0.2, 0.25) is 0 Å². The number of benzene rings is 1. The second-order valence-electron chi connectivity index (χ2n) is 5.02. The van der Waals surface area contributed by atoms with Crippen LogP contribution < -0.4 is 4.72 Å². The standard InChI is InChI=1S/C14H22N2O4S/c1-3-4-5-6-7-10-15-21(19,20)13-9-8-12(2)14(11-13)16(17)18/h8-9,11,15H,3-7,10H2,1-2H3. The van der Waals surface area contributed by atoms with Gasteiger partial charge in [-0.25, -0.2) is 13.1 Å². The third-order valence-corrected chi connectivity index (χ3v) is 4.72. The predicted octanol–water partition coefficient (Wildman–Crippen LogP) is 3.15. The number of nitro groups is 1. The van der Waals surface area contributed by atoms with Gasteiger partial charge in [0, 0.05) is 18.2 Å². The van der Waals surface area contributed by atoms with E-state index in [4.69, 9.17) is 0 Å². The lowest BCUT2D eigenvalue weighted by molar-refractivity contribution is -0.385. The van der Waals surface area contributed by atoms with Gasteiger partial charge in [-0.3, -0.25) is 10.1 Å². The van der Waals surface area contributed by atoms with Crippen molar-refractivity contribution in [3.8, 4) is 0 Å². The number of nitrogens with one attached hydrogen (secondary N) is 1. The zero-order valence-corrected chi connectivity index (χ0v) is 13.3. The quantitative estimate of drug-likeness (QED) is 0.431. The number of hydrogen-bond acceptors (Lipinski definition) is 4. The summed E-state index contributed by atoms with van der Waals surface area (Å²) in [5.41, 5.74) is 0.263. The number of sulfonamides is 1. The first-order valence-corrected chi connectivity index (χ1v) is 8.61. The molecule has 0 heterocycles. The minimum Gasteiger partial charge on any atom is -0.258 e. The van der Waals surface area contributed by atoms with Crippen LogP contribution in [0.25, 0.3) is 0 Å². The van der Waals surface area contributed by atoms with Gasteiger partial charge in [0.1, 0.15) is 0 Å². The minimum atomic E-state index is -3.68. The van der Waals surface area contributed by atoms with Gasteiger partial charge in [-0.05, 0) is 19.4 Å². The van der Waals surface area contributed by atoms with Crippen LogP contribution in [-0.2, 0) is 10.0 Å². The van der Waals surface area contributed by atoms with Crippen LogP contribution in [0, 0.1) is 17.0 Å². The third kappa shape index (κ3) is 5.43. The molecular weight excluding hydrogens is 292 g/mol. The maximum absolute atomic E-state index is 12.1. The Hall–Kier alpha value is -1.47. The van der Waals surface area contributed by atoms with E-state index >= 15 is 0 Å². The molecule has 1 rings (SSSR count). The lowest BCUT2D eigenvalue weighted by Crippen LogP contribution is -2.24. The molecule has 1 N–H and O–H groups in total. The van der Waals surface area contributed by atoms with E-state index in [1.165, 1.54) is 12.1 Å². The van der Waals surface area contributed by atoms with Crippen molar-refractivity contribution in [2.75, 3.05) is 6.54 Å². The van der Waals surface area contributed by atoms with Crippen molar-refractivity contribution >= 4 is 15.7 Å². The van der Waals surface area contributed by atoms with Crippen molar-refractivity contribution < 1.29 is 13.3 Å². The molecule has 0 saturated carbocycles. The first kappa shape index (κ1) is 17.6. The zero-order chi connectivity index (χ0) is 15.9. The van der Waals surface area contributed by atoms with E-state index in [1.807, 2.05) is 0 Å². The van der Waals surface area contributed by atoms with Gasteiger partial charge in [0.25, 0.3) is 5.69 Å². The van der Waals surface area contributed by atoms with E-state index in [0.29, 0.717) is 12.1 Å². The summed E-state index contributed by atoms with van der Waals surface area (Å²) in [5.74, 6) is 0. The Morgan fingerprint density at radius 3 is 2.48 bits per heavy atom. The SMILES string of the molecule is CCCCCCCNS(=O)(=O)c1ccc(C)c([N+](=O)[O-])c1. The summed E-state index contributed by atoms with van der Waals surface area (Å²) in [5, 5.41) is 10.9. The van der Waals surface area contributed by atoms with Gasteiger partial charge in [0.15, 0.2) is 0 Å². The van der Waals surface area contributed by atoms with Crippen LogP contribution in [-0.4, -0.2) is 19.9 Å². The number of hydrogen-bond donors (Lipinski definition) is 1. The van der Waals surface area contributed by atoms with Crippen molar-refractivity contribution in [2.45, 2.75) is 50.8 Å². The van der Waals surface area contributed by atoms with Gasteiger partial charge < -0.3 is 0 Å². The second-order valence-corrected chi connectivity index (χ2v) is 6.78. The summed E-state index contributed by atoms with van der Waals surface area (Å²) in [4.78, 5) is 10.2. The maximum atomic E-state index is 12.1. The molecule has 6 nitrogen and oxygen atoms in total. The van der Waals surface area contributed by atoms with Crippen molar-refractivity contribution in [1.82, 2.24) is 4.72 Å². The smallest absolute Gasteiger partial charge is 0.258 e. The summed E-state index contributed by atoms with van der Waals surface area (Å²) >= 11 is 0. The van der Waals surface area contributed by atoms with Crippen LogP contribution in [0.5, 0.6) is 0 Å². The highest BCUT2D eigenvalue weighted by Gasteiger charge is 2.19. The lowest BCUT2D eigenvalue weighted by atomic mass is 10.2. The highest BCUT2D eigenvalue weighted by molar-refractivity contribution is 7.89. The molecule has 0 aromatic heterocycles. The molecule has 0 spiro atoms. The van der Waals surface area contributed by atoms with Crippen molar-refractivity contribution in [3.05, 3.63) is 33.9 Å². The first-order chi connectivity index (χ1) is 9.88. The molecule has 21 heavy (non-hydrogen) atoms. The molecule has 0 aliphatic rings. The van der Waals surface area contributed by atoms with E-state index in [2.05, 4.69) is 11.6 Å². The first-order valence-electron chi connectivity index (χ1n) is 7.13. The molecule has 118 valence electrons. The van der Waals surface area contributed by atoms with E-state index in [0.717, 1.165) is 38.2 Å². The summed E-state index contributed by atoms with van der Waals surface area (Å²) in [7, 11) is -3.68. The molecule has 0 saturated heterocycles. The molecule has 0 unspecified atom stereocenters. The van der Waals surface area contributed by atoms with Crippen LogP contribution in [0.1, 0.15) is 44.6 Å². The molecule has 0 atom stereocenters. The maximum Gasteiger partial charge on any atom is 0.273 e. The van der Waals surface area contributed by atoms with Gasteiger partial charge in [-0.2, -0.15) is 0 Å². The normalized spacial score (nSPS) is 11.5. The highest BCUT2D eigenvalue weighted by atomic mass is 32.2. The van der Waals surface area contributed by atoms with E-state index in [-0.39, 0.29) is 10.6 Å². The molecule has 1 aromatic carbocycles. The van der Waals surface area contributed by atoms with Crippen LogP contribution in [0.4, 0.5) is 5.69 Å². The third-order valence-electron chi connectivity index (χ3n) is 3.26. The van der Waals surface area contributed by atoms with Crippen LogP contribution in [0.3, 0.4) is 0 Å². The molecule has 0 fully saturated rings. The lowest BCUT2D eigenvalue weighted by Gasteiger charge is -2.07. The number of rotatable bonds is 9. The number of aryl methyl sites for hydroxylation is 1. The van der Waals surface area contributed by atoms with Gasteiger partial charge >= 0.3 is 0 Å². The Labute approximate surface area is 125 Å². The fraction of sp³-hybridized carbons (Fsp3) is 0.571. The summed E-state index contributed by atoms with van der Waals surface area (Å²) in [6.45, 7) is 4.05. The van der Waals surface area contributed by atoms with Gasteiger partial charge in [-0.1, -0.05) is 38.7 Å². The van der Waals surface area contributed by atoms with Gasteiger partial charge in [-0.15, -0.1) is 0 Å². The Bertz CT molecular complexity index is 585. The molecule has 7 heteroatoms. The predicted molar refractivity (Wildman–Crippen MR) is 81.8 cm³/mol. The highest BCUT2D eigenvalue weighted by Crippen LogP contribution is 2.22. The van der Waals surface area contributed by atoms with Crippen molar-refractivity contribution in [2.24, 2.45) is 0 Å². The second kappa shape index (κ2) is 8.09. The summed E-state index contributed by atoms with van der Waals surface area (Å²) in [6, 6.07) is 3.95. The zero-order valence-electron chi connectivity index (χ0n) is 12.5. The fourth-order valence-electron chi connectivity index (χ4n) is 1.97. The number of unbranched alkanes of at least 4 members (excludes halogenated alkanes) is 4. The largest absolute Gasteiger partial charge is 0.273 e. The van der Waals surface area contributed by atoms with Crippen molar-refractivity contribution in [1.29, 1.82) is 0 Å². The molecule has 0 aliphatic carbocycles. The van der Waals surface area contributed by atoms with Gasteiger partial charge in [0.05, 0.1) is 9.82 Å². The topological polar surface area (TPSA) is 89.3 Å². The number of nitrogens with zero attached hydrogens (tertiary/aromatic N) is 1. The monoisotopic (exact) mass is 314 g/mol. The minimum absolute atomic E-state index is 0.0617. The molecule has 0 aliphatic heterocycles. The molecule has 0 radical (unpaired) electrons. The average molecular weight is 314 g/mol. The summed E-state index contributed by atoms with van der Waals surface area (Å²) in [6.07, 6.45) is 5.13. The van der Waals surface area contributed by atoms with E-state index < -0.39 is 14.9 Å². The van der Waals surface area contributed by atoms with Crippen molar-refractivity contribution in [3.63, 3.8) is 0 Å². The summed E-state index contributed by atoms with van der Waals surface area (Å²) < 4.78 is 26.6. The van der Waals surface area contributed by atoms with Gasteiger partial charge in [0.2, 0.25) is 10.0 Å². The van der Waals surface area contributed by atoms with E-state index in [1.54, 1.807) is 6.92 Å². The molecule has 1 aromatic rings. The average Bonchev–Trinajstić information content (AvgIpc) is 2.42. The fourth-order valence-corrected chi connectivity index (χ4v) is 3.07. The Morgan fingerprint density at radius 2 is 1.86 bits per heavy atom. The van der Waals surface area contributed by atoms with Crippen LogP contribution in [0.15, 0.2) is 23.1 Å². The Kier molecular flexibility index (Phi) is 6.77. The number of nitro benzene ring substituents is 1. The molecule has 0 amide bonds. The van der Waals surface area contributed by atoms with Crippen LogP contribution >= 0.6 is 0 Å². The molecular formula is C14H22N2O4S.